The van der Waals surface area contributed by atoms with Crippen LogP contribution in [0.15, 0.2) is 24.3 Å². The summed E-state index contributed by atoms with van der Waals surface area (Å²) in [5.41, 5.74) is 2.30. The summed E-state index contributed by atoms with van der Waals surface area (Å²) in [5, 5.41) is 6.17. The molecule has 1 saturated heterocycles. The Morgan fingerprint density at radius 3 is 2.81 bits per heavy atom. The summed E-state index contributed by atoms with van der Waals surface area (Å²) in [4.78, 5) is 11.7. The first-order chi connectivity index (χ1) is 7.75. The quantitative estimate of drug-likeness (QED) is 0.787. The average Bonchev–Trinajstić information content (AvgIpc) is 2.19. The van der Waals surface area contributed by atoms with Gasteiger partial charge in [0.1, 0.15) is 0 Å². The van der Waals surface area contributed by atoms with Gasteiger partial charge in [-0.3, -0.25) is 4.79 Å². The lowest BCUT2D eigenvalue weighted by molar-refractivity contribution is -0.120. The van der Waals surface area contributed by atoms with Crippen molar-refractivity contribution >= 4 is 5.91 Å². The summed E-state index contributed by atoms with van der Waals surface area (Å²) in [7, 11) is 0. The molecule has 2 N–H and O–H groups in total. The van der Waals surface area contributed by atoms with Crippen molar-refractivity contribution in [2.45, 2.75) is 13.3 Å². The molecular weight excluding hydrogens is 200 g/mol. The number of rotatable bonds is 4. The highest BCUT2D eigenvalue weighted by Crippen LogP contribution is 2.07. The van der Waals surface area contributed by atoms with Crippen LogP contribution in [0.1, 0.15) is 11.1 Å². The Labute approximate surface area is 96.2 Å². The predicted molar refractivity (Wildman–Crippen MR) is 64.3 cm³/mol. The SMILES string of the molecule is Cc1ccccc1CC(=O)NCC1CNC1. The number of hydrogen-bond acceptors (Lipinski definition) is 2. The normalized spacial score (nSPS) is 15.6. The van der Waals surface area contributed by atoms with E-state index in [0.29, 0.717) is 12.3 Å². The summed E-state index contributed by atoms with van der Waals surface area (Å²) in [6.07, 6.45) is 0.493. The monoisotopic (exact) mass is 218 g/mol. The molecule has 0 atom stereocenters. The Morgan fingerprint density at radius 1 is 1.44 bits per heavy atom. The van der Waals surface area contributed by atoms with Gasteiger partial charge in [-0.1, -0.05) is 24.3 Å². The maximum Gasteiger partial charge on any atom is 0.224 e. The van der Waals surface area contributed by atoms with Crippen LogP contribution in [-0.4, -0.2) is 25.5 Å². The third-order valence-corrected chi connectivity index (χ3v) is 3.07. The van der Waals surface area contributed by atoms with Crippen molar-refractivity contribution in [2.24, 2.45) is 5.92 Å². The van der Waals surface area contributed by atoms with E-state index in [-0.39, 0.29) is 5.91 Å². The molecule has 3 nitrogen and oxygen atoms in total. The van der Waals surface area contributed by atoms with Gasteiger partial charge in [0.05, 0.1) is 6.42 Å². The lowest BCUT2D eigenvalue weighted by Gasteiger charge is -2.27. The molecule has 0 spiro atoms. The minimum Gasteiger partial charge on any atom is -0.355 e. The molecule has 0 radical (unpaired) electrons. The molecule has 2 rings (SSSR count). The van der Waals surface area contributed by atoms with Gasteiger partial charge in [-0.2, -0.15) is 0 Å². The molecule has 1 amide bonds. The highest BCUT2D eigenvalue weighted by molar-refractivity contribution is 5.78. The van der Waals surface area contributed by atoms with Crippen molar-refractivity contribution in [3.8, 4) is 0 Å². The van der Waals surface area contributed by atoms with Crippen molar-refractivity contribution in [1.29, 1.82) is 0 Å². The number of aryl methyl sites for hydroxylation is 1. The van der Waals surface area contributed by atoms with Gasteiger partial charge in [-0.05, 0) is 18.1 Å². The first-order valence-corrected chi connectivity index (χ1v) is 5.77. The van der Waals surface area contributed by atoms with E-state index in [1.165, 1.54) is 5.56 Å². The molecule has 0 unspecified atom stereocenters. The number of hydrogen-bond donors (Lipinski definition) is 2. The largest absolute Gasteiger partial charge is 0.355 e. The third-order valence-electron chi connectivity index (χ3n) is 3.07. The van der Waals surface area contributed by atoms with Crippen molar-refractivity contribution in [2.75, 3.05) is 19.6 Å². The highest BCUT2D eigenvalue weighted by atomic mass is 16.1. The van der Waals surface area contributed by atoms with Gasteiger partial charge in [-0.15, -0.1) is 0 Å². The molecule has 1 aromatic rings. The molecule has 1 aliphatic heterocycles. The minimum absolute atomic E-state index is 0.126. The van der Waals surface area contributed by atoms with Crippen molar-refractivity contribution in [1.82, 2.24) is 10.6 Å². The second kappa shape index (κ2) is 5.12. The van der Waals surface area contributed by atoms with Crippen LogP contribution in [0.5, 0.6) is 0 Å². The Kier molecular flexibility index (Phi) is 3.57. The van der Waals surface area contributed by atoms with Gasteiger partial charge in [0, 0.05) is 25.6 Å². The molecule has 86 valence electrons. The lowest BCUT2D eigenvalue weighted by Crippen LogP contribution is -2.48. The van der Waals surface area contributed by atoms with Gasteiger partial charge in [-0.25, -0.2) is 0 Å². The summed E-state index contributed by atoms with van der Waals surface area (Å²) in [6, 6.07) is 8.03. The fraction of sp³-hybridized carbons (Fsp3) is 0.462. The topological polar surface area (TPSA) is 41.1 Å². The molecule has 0 saturated carbocycles. The van der Waals surface area contributed by atoms with Crippen LogP contribution in [0.25, 0.3) is 0 Å². The van der Waals surface area contributed by atoms with Gasteiger partial charge in [0.2, 0.25) is 5.91 Å². The fourth-order valence-electron chi connectivity index (χ4n) is 1.79. The second-order valence-corrected chi connectivity index (χ2v) is 4.43. The maximum absolute atomic E-state index is 11.7. The summed E-state index contributed by atoms with van der Waals surface area (Å²) < 4.78 is 0. The standard InChI is InChI=1S/C13H18N2O/c1-10-4-2-3-5-12(10)6-13(16)15-9-11-7-14-8-11/h2-5,11,14H,6-9H2,1H3,(H,15,16). The van der Waals surface area contributed by atoms with Crippen LogP contribution in [-0.2, 0) is 11.2 Å². The summed E-state index contributed by atoms with van der Waals surface area (Å²) in [5.74, 6) is 0.752. The van der Waals surface area contributed by atoms with Crippen molar-refractivity contribution < 1.29 is 4.79 Å². The van der Waals surface area contributed by atoms with Gasteiger partial charge < -0.3 is 10.6 Å². The fourth-order valence-corrected chi connectivity index (χ4v) is 1.79. The highest BCUT2D eigenvalue weighted by Gasteiger charge is 2.17. The smallest absolute Gasteiger partial charge is 0.224 e. The van der Waals surface area contributed by atoms with Crippen LogP contribution in [0.2, 0.25) is 0 Å². The van der Waals surface area contributed by atoms with E-state index in [1.54, 1.807) is 0 Å². The third kappa shape index (κ3) is 2.83. The lowest BCUT2D eigenvalue weighted by atomic mass is 10.0. The van der Waals surface area contributed by atoms with Gasteiger partial charge in [0.15, 0.2) is 0 Å². The first kappa shape index (κ1) is 11.1. The van der Waals surface area contributed by atoms with E-state index in [2.05, 4.69) is 10.6 Å². The zero-order valence-electron chi connectivity index (χ0n) is 9.62. The second-order valence-electron chi connectivity index (χ2n) is 4.43. The Hall–Kier alpha value is -1.35. The van der Waals surface area contributed by atoms with Gasteiger partial charge in [0.25, 0.3) is 0 Å². The van der Waals surface area contributed by atoms with E-state index < -0.39 is 0 Å². The molecule has 0 bridgehead atoms. The molecule has 1 aromatic carbocycles. The summed E-state index contributed by atoms with van der Waals surface area (Å²) >= 11 is 0. The number of benzene rings is 1. The molecule has 0 aliphatic carbocycles. The van der Waals surface area contributed by atoms with E-state index in [9.17, 15) is 4.79 Å². The molecular formula is C13H18N2O. The number of nitrogens with one attached hydrogen (secondary N) is 2. The minimum atomic E-state index is 0.126. The van der Waals surface area contributed by atoms with E-state index in [0.717, 1.165) is 25.2 Å². The summed E-state index contributed by atoms with van der Waals surface area (Å²) in [6.45, 7) is 4.91. The molecule has 3 heteroatoms. The van der Waals surface area contributed by atoms with Crippen molar-refractivity contribution in [3.05, 3.63) is 35.4 Å². The van der Waals surface area contributed by atoms with Crippen LogP contribution < -0.4 is 10.6 Å². The Bertz CT molecular complexity index is 372. The number of amides is 1. The average molecular weight is 218 g/mol. The van der Waals surface area contributed by atoms with Crippen LogP contribution in [0.3, 0.4) is 0 Å². The van der Waals surface area contributed by atoms with E-state index in [4.69, 9.17) is 0 Å². The van der Waals surface area contributed by atoms with E-state index in [1.807, 2.05) is 31.2 Å². The van der Waals surface area contributed by atoms with Crippen LogP contribution in [0.4, 0.5) is 0 Å². The predicted octanol–water partition coefficient (Wildman–Crippen LogP) is 0.873. The zero-order chi connectivity index (χ0) is 11.4. The molecule has 1 heterocycles. The maximum atomic E-state index is 11.7. The van der Waals surface area contributed by atoms with E-state index >= 15 is 0 Å². The first-order valence-electron chi connectivity index (χ1n) is 5.77. The molecule has 1 aliphatic rings. The molecule has 0 aromatic heterocycles. The number of carbonyl (C=O) groups is 1. The Balaban J connectivity index is 1.80. The number of carbonyl (C=O) groups excluding carboxylic acids is 1. The van der Waals surface area contributed by atoms with Crippen LogP contribution >= 0.6 is 0 Å². The molecule has 16 heavy (non-hydrogen) atoms. The Morgan fingerprint density at radius 2 is 2.19 bits per heavy atom. The van der Waals surface area contributed by atoms with Gasteiger partial charge >= 0.3 is 0 Å². The van der Waals surface area contributed by atoms with Crippen LogP contribution in [0, 0.1) is 12.8 Å². The molecule has 1 fully saturated rings. The zero-order valence-corrected chi connectivity index (χ0v) is 9.62. The van der Waals surface area contributed by atoms with Crippen molar-refractivity contribution in [3.63, 3.8) is 0 Å².